The molecule has 0 spiro atoms. The van der Waals surface area contributed by atoms with Crippen LogP contribution in [0.15, 0.2) is 18.2 Å². The SMILES string of the molecule is NN1CCc2c1cccc2[N+](=O)[O-]. The minimum absolute atomic E-state index is 0.172. The highest BCUT2D eigenvalue weighted by Gasteiger charge is 2.24. The fraction of sp³-hybridized carbons (Fsp3) is 0.250. The number of nitrogens with zero attached hydrogens (tertiary/aromatic N) is 2. The molecular weight excluding hydrogens is 170 g/mol. The van der Waals surface area contributed by atoms with Crippen LogP contribution >= 0.6 is 0 Å². The lowest BCUT2D eigenvalue weighted by molar-refractivity contribution is -0.385. The zero-order chi connectivity index (χ0) is 9.42. The molecule has 2 rings (SSSR count). The van der Waals surface area contributed by atoms with Crippen molar-refractivity contribution in [2.75, 3.05) is 11.6 Å². The molecule has 5 heteroatoms. The van der Waals surface area contributed by atoms with Gasteiger partial charge in [-0.3, -0.25) is 10.1 Å². The minimum atomic E-state index is -0.363. The Morgan fingerprint density at radius 2 is 2.31 bits per heavy atom. The third-order valence-corrected chi connectivity index (χ3v) is 2.24. The van der Waals surface area contributed by atoms with Gasteiger partial charge in [-0.2, -0.15) is 0 Å². The van der Waals surface area contributed by atoms with Gasteiger partial charge in [-0.1, -0.05) is 6.07 Å². The second-order valence-corrected chi connectivity index (χ2v) is 2.98. The summed E-state index contributed by atoms with van der Waals surface area (Å²) in [5.41, 5.74) is 1.69. The van der Waals surface area contributed by atoms with E-state index in [1.807, 2.05) is 0 Å². The Kier molecular flexibility index (Phi) is 1.66. The zero-order valence-electron chi connectivity index (χ0n) is 6.93. The molecule has 2 N–H and O–H groups in total. The standard InChI is InChI=1S/C8H9N3O2/c9-10-5-4-6-7(10)2-1-3-8(6)11(12)13/h1-3H,4-5,9H2. The second kappa shape index (κ2) is 2.70. The van der Waals surface area contributed by atoms with Gasteiger partial charge in [0.2, 0.25) is 0 Å². The van der Waals surface area contributed by atoms with Crippen molar-refractivity contribution in [1.29, 1.82) is 0 Å². The molecule has 0 saturated carbocycles. The van der Waals surface area contributed by atoms with Crippen LogP contribution in [0.3, 0.4) is 0 Å². The first-order chi connectivity index (χ1) is 6.20. The molecule has 1 aliphatic heterocycles. The van der Waals surface area contributed by atoms with E-state index in [4.69, 9.17) is 5.84 Å². The van der Waals surface area contributed by atoms with Gasteiger partial charge in [0, 0.05) is 19.0 Å². The maximum absolute atomic E-state index is 10.6. The van der Waals surface area contributed by atoms with Crippen LogP contribution in [0.25, 0.3) is 0 Å². The molecule has 0 bridgehead atoms. The van der Waals surface area contributed by atoms with Gasteiger partial charge < -0.3 is 5.01 Å². The van der Waals surface area contributed by atoms with Crippen LogP contribution in [-0.2, 0) is 6.42 Å². The van der Waals surface area contributed by atoms with Crippen molar-refractivity contribution >= 4 is 11.4 Å². The molecule has 1 aromatic rings. The molecule has 5 nitrogen and oxygen atoms in total. The molecule has 0 amide bonds. The van der Waals surface area contributed by atoms with Gasteiger partial charge in [-0.25, -0.2) is 5.84 Å². The van der Waals surface area contributed by atoms with Crippen molar-refractivity contribution in [3.05, 3.63) is 33.9 Å². The number of hydrogen-bond donors (Lipinski definition) is 1. The summed E-state index contributed by atoms with van der Waals surface area (Å²) >= 11 is 0. The summed E-state index contributed by atoms with van der Waals surface area (Å²) in [4.78, 5) is 10.3. The van der Waals surface area contributed by atoms with Gasteiger partial charge in [-0.15, -0.1) is 0 Å². The van der Waals surface area contributed by atoms with Crippen molar-refractivity contribution in [3.63, 3.8) is 0 Å². The normalized spacial score (nSPS) is 14.4. The van der Waals surface area contributed by atoms with E-state index >= 15 is 0 Å². The van der Waals surface area contributed by atoms with Crippen molar-refractivity contribution in [1.82, 2.24) is 0 Å². The Morgan fingerprint density at radius 1 is 1.54 bits per heavy atom. The molecule has 1 aliphatic rings. The Labute approximate surface area is 74.9 Å². The number of benzene rings is 1. The summed E-state index contributed by atoms with van der Waals surface area (Å²) in [5, 5.41) is 12.2. The van der Waals surface area contributed by atoms with Gasteiger partial charge >= 0.3 is 0 Å². The van der Waals surface area contributed by atoms with Crippen molar-refractivity contribution in [3.8, 4) is 0 Å². The van der Waals surface area contributed by atoms with Crippen molar-refractivity contribution in [2.45, 2.75) is 6.42 Å². The first-order valence-electron chi connectivity index (χ1n) is 3.98. The number of hydrazine groups is 1. The Bertz CT molecular complexity index is 364. The third kappa shape index (κ3) is 1.13. The average molecular weight is 179 g/mol. The fourth-order valence-electron chi connectivity index (χ4n) is 1.61. The number of fused-ring (bicyclic) bond motifs is 1. The quantitative estimate of drug-likeness (QED) is 0.393. The van der Waals surface area contributed by atoms with E-state index in [9.17, 15) is 10.1 Å². The summed E-state index contributed by atoms with van der Waals surface area (Å²) in [6, 6.07) is 4.97. The number of rotatable bonds is 1. The molecule has 0 radical (unpaired) electrons. The largest absolute Gasteiger partial charge is 0.310 e. The molecule has 68 valence electrons. The maximum Gasteiger partial charge on any atom is 0.274 e. The van der Waals surface area contributed by atoms with Crippen LogP contribution in [-0.4, -0.2) is 11.5 Å². The van der Waals surface area contributed by atoms with Gasteiger partial charge in [-0.05, 0) is 6.07 Å². The first kappa shape index (κ1) is 8.00. The van der Waals surface area contributed by atoms with E-state index < -0.39 is 0 Å². The smallest absolute Gasteiger partial charge is 0.274 e. The summed E-state index contributed by atoms with van der Waals surface area (Å²) in [6.45, 7) is 0.653. The highest BCUT2D eigenvalue weighted by molar-refractivity contribution is 5.64. The summed E-state index contributed by atoms with van der Waals surface area (Å²) in [7, 11) is 0. The first-order valence-corrected chi connectivity index (χ1v) is 3.98. The van der Waals surface area contributed by atoms with Crippen LogP contribution in [0, 0.1) is 10.1 Å². The molecule has 0 fully saturated rings. The van der Waals surface area contributed by atoms with Crippen LogP contribution < -0.4 is 10.9 Å². The highest BCUT2D eigenvalue weighted by Crippen LogP contribution is 2.32. The predicted molar refractivity (Wildman–Crippen MR) is 48.3 cm³/mol. The Morgan fingerprint density at radius 3 is 3.00 bits per heavy atom. The molecule has 0 aromatic heterocycles. The van der Waals surface area contributed by atoms with E-state index in [1.165, 1.54) is 6.07 Å². The summed E-state index contributed by atoms with van der Waals surface area (Å²) < 4.78 is 0. The monoisotopic (exact) mass is 179 g/mol. The molecule has 0 atom stereocenters. The van der Waals surface area contributed by atoms with E-state index in [1.54, 1.807) is 17.1 Å². The third-order valence-electron chi connectivity index (χ3n) is 2.24. The molecule has 0 saturated heterocycles. The van der Waals surface area contributed by atoms with Gasteiger partial charge in [0.05, 0.1) is 16.2 Å². The average Bonchev–Trinajstić information content (AvgIpc) is 2.48. The highest BCUT2D eigenvalue weighted by atomic mass is 16.6. The molecule has 13 heavy (non-hydrogen) atoms. The van der Waals surface area contributed by atoms with E-state index in [0.29, 0.717) is 13.0 Å². The molecule has 0 aliphatic carbocycles. The van der Waals surface area contributed by atoms with Gasteiger partial charge in [0.1, 0.15) is 0 Å². The number of nitro groups is 1. The Hall–Kier alpha value is -1.62. The molecular formula is C8H9N3O2. The topological polar surface area (TPSA) is 72.4 Å². The second-order valence-electron chi connectivity index (χ2n) is 2.98. The lowest BCUT2D eigenvalue weighted by Gasteiger charge is -2.10. The minimum Gasteiger partial charge on any atom is -0.310 e. The molecule has 1 aromatic carbocycles. The van der Waals surface area contributed by atoms with Gasteiger partial charge in [0.15, 0.2) is 0 Å². The van der Waals surface area contributed by atoms with E-state index in [-0.39, 0.29) is 10.6 Å². The van der Waals surface area contributed by atoms with Crippen LogP contribution in [0.4, 0.5) is 11.4 Å². The maximum atomic E-state index is 10.6. The fourth-order valence-corrected chi connectivity index (χ4v) is 1.61. The van der Waals surface area contributed by atoms with Crippen LogP contribution in [0.5, 0.6) is 0 Å². The molecule has 1 heterocycles. The predicted octanol–water partition coefficient (Wildman–Crippen LogP) is 0.831. The summed E-state index contributed by atoms with van der Waals surface area (Å²) in [5.74, 6) is 5.63. The number of nitrogens with two attached hydrogens (primary N) is 1. The Balaban J connectivity index is 2.57. The van der Waals surface area contributed by atoms with Crippen molar-refractivity contribution in [2.24, 2.45) is 5.84 Å². The number of nitro benzene ring substituents is 1. The zero-order valence-corrected chi connectivity index (χ0v) is 6.93. The van der Waals surface area contributed by atoms with Crippen LogP contribution in [0.1, 0.15) is 5.56 Å². The van der Waals surface area contributed by atoms with Gasteiger partial charge in [0.25, 0.3) is 5.69 Å². The lowest BCUT2D eigenvalue weighted by Crippen LogP contribution is -2.27. The van der Waals surface area contributed by atoms with E-state index in [0.717, 1.165) is 11.3 Å². The molecule has 0 unspecified atom stereocenters. The summed E-state index contributed by atoms with van der Waals surface area (Å²) in [6.07, 6.45) is 0.656. The van der Waals surface area contributed by atoms with Crippen LogP contribution in [0.2, 0.25) is 0 Å². The number of hydrogen-bond acceptors (Lipinski definition) is 4. The van der Waals surface area contributed by atoms with Crippen molar-refractivity contribution < 1.29 is 4.92 Å². The lowest BCUT2D eigenvalue weighted by atomic mass is 10.1. The van der Waals surface area contributed by atoms with E-state index in [2.05, 4.69) is 0 Å². The number of anilines is 1.